The second-order valence-corrected chi connectivity index (χ2v) is 28.5. The number of ether oxygens (including phenoxy) is 8. The molecule has 0 radical (unpaired) electrons. The Hall–Kier alpha value is -6.98. The van der Waals surface area contributed by atoms with Crippen molar-refractivity contribution in [3.05, 3.63) is 141 Å². The highest BCUT2D eigenvalue weighted by Gasteiger charge is 2.67. The van der Waals surface area contributed by atoms with E-state index >= 15 is 4.57 Å². The van der Waals surface area contributed by atoms with Gasteiger partial charge in [-0.15, -0.1) is 0 Å². The van der Waals surface area contributed by atoms with Crippen LogP contribution >= 0.6 is 31.0 Å². The topological polar surface area (TPSA) is 302 Å². The normalized spacial score (nSPS) is 23.5. The lowest BCUT2D eigenvalue weighted by molar-refractivity contribution is -0.201. The van der Waals surface area contributed by atoms with Crippen LogP contribution in [-0.4, -0.2) is 103 Å². The van der Waals surface area contributed by atoms with Crippen LogP contribution in [0.4, 0.5) is 11.6 Å². The third kappa shape index (κ3) is 16.0. The van der Waals surface area contributed by atoms with Gasteiger partial charge in [0.05, 0.1) is 65.1 Å². The van der Waals surface area contributed by atoms with Crippen molar-refractivity contribution in [2.45, 2.75) is 222 Å². The number of nitrogens with zero attached hydrogens (tertiary/aromatic N) is 9. The first-order chi connectivity index (χ1) is 46.8. The van der Waals surface area contributed by atoms with Crippen LogP contribution in [0.25, 0.3) is 11.0 Å². The molecule has 4 N–H and O–H groups in total. The molecule has 4 aliphatic rings. The molecule has 4 aliphatic heterocycles. The molecule has 97 heavy (non-hydrogen) atoms. The molecule has 8 heterocycles. The van der Waals surface area contributed by atoms with Crippen LogP contribution in [0, 0.1) is 34.0 Å². The lowest BCUT2D eigenvalue weighted by Crippen LogP contribution is -2.40. The number of nitriles is 3. The van der Waals surface area contributed by atoms with Gasteiger partial charge in [-0.1, -0.05) is 169 Å². The summed E-state index contributed by atoms with van der Waals surface area (Å²) in [5, 5.41) is 41.1. The largest absolute Gasteiger partial charge is 0.587 e. The van der Waals surface area contributed by atoms with Crippen LogP contribution in [0.1, 0.15) is 171 Å². The molecule has 7 aromatic rings. The Kier molecular flexibility index (Phi) is 23.1. The minimum atomic E-state index is -4.96. The molecule has 4 aromatic heterocycles. The van der Waals surface area contributed by atoms with E-state index in [1.165, 1.54) is 117 Å². The number of benzene rings is 3. The maximum atomic E-state index is 15.9. The minimum absolute atomic E-state index is 0.00676. The maximum absolute atomic E-state index is 15.9. The monoisotopic (exact) mass is 1390 g/mol. The summed E-state index contributed by atoms with van der Waals surface area (Å²) in [5.74, 6) is -2.05. The van der Waals surface area contributed by atoms with Gasteiger partial charge in [0.2, 0.25) is 11.2 Å². The number of hydrogen-bond acceptors (Lipinski definition) is 21. The first kappa shape index (κ1) is 71.3. The average molecular weight is 1390 g/mol. The number of nitrogen functional groups attached to an aromatic ring is 2. The quantitative estimate of drug-likeness (QED) is 0.0275. The molecule has 516 valence electrons. The number of fused-ring (bicyclic) bond motifs is 4. The Morgan fingerprint density at radius 2 is 1.03 bits per heavy atom. The van der Waals surface area contributed by atoms with Crippen molar-refractivity contribution in [3.8, 4) is 29.7 Å². The molecular weight excluding hydrogens is 1300 g/mol. The molecule has 0 aliphatic carbocycles. The molecule has 0 spiro atoms. The zero-order valence-electron chi connectivity index (χ0n) is 55.6. The number of rotatable bonds is 35. The van der Waals surface area contributed by atoms with Crippen LogP contribution < -0.4 is 20.5 Å². The van der Waals surface area contributed by atoms with Crippen LogP contribution in [0.3, 0.4) is 0 Å². The Labute approximate surface area is 576 Å². The molecule has 3 aromatic carbocycles. The van der Waals surface area contributed by atoms with Gasteiger partial charge in [-0.2, -0.15) is 26.0 Å². The first-order valence-corrected chi connectivity index (χ1v) is 36.0. The summed E-state index contributed by atoms with van der Waals surface area (Å²) >= 11 is 14.7. The summed E-state index contributed by atoms with van der Waals surface area (Å²) in [6.45, 7) is 9.33. The number of phosphoric ester groups is 1. The fourth-order valence-electron chi connectivity index (χ4n) is 13.5. The van der Waals surface area contributed by atoms with Crippen molar-refractivity contribution in [3.63, 3.8) is 0 Å². The summed E-state index contributed by atoms with van der Waals surface area (Å²) < 4.78 is 90.5. The van der Waals surface area contributed by atoms with Crippen LogP contribution in [-0.2, 0) is 77.6 Å². The average Bonchev–Trinajstić information content (AvgIpc) is 1.56. The van der Waals surface area contributed by atoms with Gasteiger partial charge in [-0.05, 0) is 93.3 Å². The predicted octanol–water partition coefficient (Wildman–Crippen LogP) is 14.3. The van der Waals surface area contributed by atoms with E-state index in [2.05, 4.69) is 45.3 Å². The van der Waals surface area contributed by atoms with Gasteiger partial charge in [-0.3, -0.25) is 4.52 Å². The van der Waals surface area contributed by atoms with Gasteiger partial charge >= 0.3 is 7.82 Å². The summed E-state index contributed by atoms with van der Waals surface area (Å²) in [5.41, 5.74) is 12.6. The number of anilines is 2. The van der Waals surface area contributed by atoms with Crippen molar-refractivity contribution in [2.75, 3.05) is 31.3 Å². The molecule has 11 rings (SSSR count). The smallest absolute Gasteiger partial charge is 0.393 e. The van der Waals surface area contributed by atoms with Gasteiger partial charge in [0.25, 0.3) is 0 Å². The van der Waals surface area contributed by atoms with E-state index in [1.54, 1.807) is 94.4 Å². The number of halogens is 2. The minimum Gasteiger partial charge on any atom is -0.393 e. The number of phosphoric acid groups is 1. The lowest BCUT2D eigenvalue weighted by atomic mass is 9.91. The Morgan fingerprint density at radius 3 is 1.49 bits per heavy atom. The molecule has 4 fully saturated rings. The zero-order chi connectivity index (χ0) is 68.4. The Morgan fingerprint density at radius 1 is 0.577 bits per heavy atom. The van der Waals surface area contributed by atoms with E-state index in [0.29, 0.717) is 51.3 Å². The van der Waals surface area contributed by atoms with Crippen molar-refractivity contribution >= 4 is 53.7 Å². The van der Waals surface area contributed by atoms with E-state index in [-0.39, 0.29) is 59.2 Å². The number of hydrogen-bond donors (Lipinski definition) is 2. The van der Waals surface area contributed by atoms with E-state index in [9.17, 15) is 15.8 Å². The van der Waals surface area contributed by atoms with Gasteiger partial charge in [0, 0.05) is 19.4 Å². The first-order valence-electron chi connectivity index (χ1n) is 33.8. The van der Waals surface area contributed by atoms with E-state index in [4.69, 9.17) is 86.1 Å². The Bertz CT molecular complexity index is 3850. The standard InChI is InChI=1S/C71H86Cl2N11O12P/c1-6-7-8-9-10-11-12-13-14-15-16-17-18-19-20-23-36-86-41-51(87-40-50-27-22-21-26-49(50)39-74)42-88-97(85,95-54-30-24-28-47(60(54)72)37-56-62-64(93-68(2,3)91-62)70(43-75,89-56)58-34-32-52-66(77)79-45-81-83(52)58)96-55-31-25-29-48(61(55)73)38-57-63-65(94-69(4,5)92-63)71(44-76,90-57)59-35-33-53-67(78)80-46-82-84(53)59/h21-22,24-35,45-46,51,56-57,62-65H,6-20,23,36-38,40-42H2,1-5H3,(H2,77,79,81)(H2,78,80,82)/t51-,56-,57-,62-,63-,64-,65-,70+,71+/m1/s1. The molecule has 4 saturated heterocycles. The lowest BCUT2D eigenvalue weighted by Gasteiger charge is -2.29. The van der Waals surface area contributed by atoms with Crippen molar-refractivity contribution in [2.24, 2.45) is 0 Å². The van der Waals surface area contributed by atoms with E-state index in [0.717, 1.165) is 19.3 Å². The van der Waals surface area contributed by atoms with Gasteiger partial charge < -0.3 is 58.4 Å². The molecule has 0 bridgehead atoms. The van der Waals surface area contributed by atoms with Crippen molar-refractivity contribution in [1.29, 1.82) is 15.8 Å². The number of unbranched alkanes of at least 4 members (excludes halogenated alkanes) is 15. The van der Waals surface area contributed by atoms with Gasteiger partial charge in [-0.25, -0.2) is 23.6 Å². The fraction of sp³-hybridized carbons (Fsp3) is 0.535. The van der Waals surface area contributed by atoms with Crippen LogP contribution in [0.5, 0.6) is 11.5 Å². The van der Waals surface area contributed by atoms with E-state index in [1.807, 2.05) is 6.07 Å². The summed E-state index contributed by atoms with van der Waals surface area (Å²) in [6.07, 6.45) is 16.5. The summed E-state index contributed by atoms with van der Waals surface area (Å²) in [6, 6.07) is 30.7. The summed E-state index contributed by atoms with van der Waals surface area (Å²) in [4.78, 5) is 8.24. The number of nitrogens with two attached hydrogens (primary N) is 2. The predicted molar refractivity (Wildman–Crippen MR) is 362 cm³/mol. The van der Waals surface area contributed by atoms with Gasteiger partial charge in [0.1, 0.15) is 66.3 Å². The SMILES string of the molecule is CCCCCCCCCCCCCCCCCCOC[C@H](COP(=O)(Oc1cccc(C[C@H]2O[C@@](C#N)(c3ccc4c(N)ncnn34)[C@@H]3OC(C)(C)O[C@@H]32)c1Cl)Oc1cccc(C[C@H]2O[C@@](C#N)(c3ccc4c(N)ncnn34)[C@@H]3OC(C)(C)O[C@@H]32)c1Cl)OCc1ccccc1C#N. The molecule has 26 heteroatoms. The molecular formula is C71H86Cl2N11O12P. The second kappa shape index (κ2) is 31.5. The van der Waals surface area contributed by atoms with Crippen molar-refractivity contribution in [1.82, 2.24) is 29.2 Å². The molecule has 0 saturated carbocycles. The Balaban J connectivity index is 0.832. The summed E-state index contributed by atoms with van der Waals surface area (Å²) in [7, 11) is -4.96. The molecule has 9 atom stereocenters. The van der Waals surface area contributed by atoms with Crippen molar-refractivity contribution < 1.29 is 56.0 Å². The highest BCUT2D eigenvalue weighted by atomic mass is 35.5. The number of aromatic nitrogens is 6. The maximum Gasteiger partial charge on any atom is 0.587 e. The third-order valence-electron chi connectivity index (χ3n) is 18.3. The molecule has 0 unspecified atom stereocenters. The van der Waals surface area contributed by atoms with Crippen LogP contribution in [0.15, 0.2) is 97.6 Å². The fourth-order valence-corrected chi connectivity index (χ4v) is 15.4. The van der Waals surface area contributed by atoms with E-state index < -0.39 is 79.9 Å². The third-order valence-corrected chi connectivity index (χ3v) is 20.5. The molecule has 0 amide bonds. The zero-order valence-corrected chi connectivity index (χ0v) is 58.0. The highest BCUT2D eigenvalue weighted by Crippen LogP contribution is 2.56. The highest BCUT2D eigenvalue weighted by molar-refractivity contribution is 7.49. The second-order valence-electron chi connectivity index (χ2n) is 26.2. The molecule has 23 nitrogen and oxygen atoms in total. The van der Waals surface area contributed by atoms with Crippen LogP contribution in [0.2, 0.25) is 10.0 Å². The van der Waals surface area contributed by atoms with Gasteiger partial charge in [0.15, 0.2) is 34.7 Å².